The zero-order valence-corrected chi connectivity index (χ0v) is 10.3. The van der Waals surface area contributed by atoms with Gasteiger partial charge in [-0.05, 0) is 31.1 Å². The van der Waals surface area contributed by atoms with Crippen LogP contribution in [0.25, 0.3) is 0 Å². The fourth-order valence-corrected chi connectivity index (χ4v) is 3.55. The van der Waals surface area contributed by atoms with Crippen molar-refractivity contribution in [1.82, 2.24) is 4.90 Å². The van der Waals surface area contributed by atoms with Gasteiger partial charge in [0.05, 0.1) is 0 Å². The molecule has 0 bridgehead atoms. The van der Waals surface area contributed by atoms with Crippen molar-refractivity contribution >= 4 is 0 Å². The zero-order chi connectivity index (χ0) is 10.8. The van der Waals surface area contributed by atoms with Gasteiger partial charge in [0.1, 0.15) is 0 Å². The van der Waals surface area contributed by atoms with Crippen LogP contribution in [0, 0.1) is 11.8 Å². The predicted molar refractivity (Wildman–Crippen MR) is 64.7 cm³/mol. The summed E-state index contributed by atoms with van der Waals surface area (Å²) in [4.78, 5) is 2.68. The van der Waals surface area contributed by atoms with Gasteiger partial charge >= 0.3 is 0 Å². The van der Waals surface area contributed by atoms with Gasteiger partial charge in [-0.1, -0.05) is 26.7 Å². The molecule has 1 aliphatic carbocycles. The highest BCUT2D eigenvalue weighted by atomic mass is 15.2. The molecule has 1 saturated heterocycles. The molecule has 2 rings (SSSR count). The molecule has 1 saturated carbocycles. The van der Waals surface area contributed by atoms with Crippen LogP contribution in [0.15, 0.2) is 0 Å². The Bertz CT molecular complexity index is 195. The topological polar surface area (TPSA) is 29.3 Å². The Labute approximate surface area is 94.2 Å². The summed E-state index contributed by atoms with van der Waals surface area (Å²) in [6, 6.07) is 1.25. The lowest BCUT2D eigenvalue weighted by atomic mass is 9.83. The van der Waals surface area contributed by atoms with Crippen molar-refractivity contribution in [2.75, 3.05) is 13.1 Å². The molecule has 0 aromatic heterocycles. The average molecular weight is 210 g/mol. The monoisotopic (exact) mass is 210 g/mol. The first-order valence-electron chi connectivity index (χ1n) is 6.66. The van der Waals surface area contributed by atoms with Crippen molar-refractivity contribution in [2.45, 2.75) is 58.0 Å². The SMILES string of the molecule is CC1CC(N)CN(C2CCCCC2C)C1. The number of piperidine rings is 1. The molecule has 4 atom stereocenters. The lowest BCUT2D eigenvalue weighted by Gasteiger charge is -2.44. The molecule has 0 aromatic rings. The fraction of sp³-hybridized carbons (Fsp3) is 1.00. The summed E-state index contributed by atoms with van der Waals surface area (Å²) in [5.41, 5.74) is 6.13. The summed E-state index contributed by atoms with van der Waals surface area (Å²) in [5, 5.41) is 0. The van der Waals surface area contributed by atoms with Crippen LogP contribution >= 0.6 is 0 Å². The van der Waals surface area contributed by atoms with Gasteiger partial charge in [0.15, 0.2) is 0 Å². The second-order valence-electron chi connectivity index (χ2n) is 5.88. The van der Waals surface area contributed by atoms with Crippen LogP contribution in [0.1, 0.15) is 46.0 Å². The number of rotatable bonds is 1. The number of likely N-dealkylation sites (tertiary alicyclic amines) is 1. The molecule has 0 radical (unpaired) electrons. The maximum absolute atomic E-state index is 6.13. The van der Waals surface area contributed by atoms with E-state index in [0.717, 1.165) is 24.4 Å². The third kappa shape index (κ3) is 2.73. The smallest absolute Gasteiger partial charge is 0.0170 e. The van der Waals surface area contributed by atoms with Crippen LogP contribution in [-0.4, -0.2) is 30.1 Å². The van der Waals surface area contributed by atoms with Gasteiger partial charge in [-0.15, -0.1) is 0 Å². The number of nitrogens with zero attached hydrogens (tertiary/aromatic N) is 1. The van der Waals surface area contributed by atoms with Gasteiger partial charge < -0.3 is 5.73 Å². The Balaban J connectivity index is 1.95. The Morgan fingerprint density at radius 1 is 1.07 bits per heavy atom. The molecule has 0 spiro atoms. The van der Waals surface area contributed by atoms with Gasteiger partial charge in [-0.25, -0.2) is 0 Å². The van der Waals surface area contributed by atoms with Crippen LogP contribution in [0.4, 0.5) is 0 Å². The molecule has 1 aliphatic heterocycles. The van der Waals surface area contributed by atoms with E-state index in [0.29, 0.717) is 6.04 Å². The molecule has 2 aliphatic rings. The fourth-order valence-electron chi connectivity index (χ4n) is 3.55. The first kappa shape index (κ1) is 11.4. The van der Waals surface area contributed by atoms with Crippen molar-refractivity contribution in [3.63, 3.8) is 0 Å². The van der Waals surface area contributed by atoms with Gasteiger partial charge in [0.2, 0.25) is 0 Å². The molecule has 4 unspecified atom stereocenters. The van der Waals surface area contributed by atoms with Crippen LogP contribution < -0.4 is 5.73 Å². The maximum Gasteiger partial charge on any atom is 0.0170 e. The second-order valence-corrected chi connectivity index (χ2v) is 5.88. The maximum atomic E-state index is 6.13. The zero-order valence-electron chi connectivity index (χ0n) is 10.3. The molecule has 0 aromatic carbocycles. The minimum absolute atomic E-state index is 0.419. The summed E-state index contributed by atoms with van der Waals surface area (Å²) >= 11 is 0. The molecular weight excluding hydrogens is 184 g/mol. The van der Waals surface area contributed by atoms with E-state index >= 15 is 0 Å². The van der Waals surface area contributed by atoms with E-state index in [1.807, 2.05) is 0 Å². The first-order valence-corrected chi connectivity index (χ1v) is 6.66. The van der Waals surface area contributed by atoms with Crippen molar-refractivity contribution in [3.8, 4) is 0 Å². The Kier molecular flexibility index (Phi) is 3.68. The Hall–Kier alpha value is -0.0800. The normalized spacial score (nSPS) is 44.2. The standard InChI is InChI=1S/C13H26N2/c1-10-7-12(14)9-15(8-10)13-6-4-3-5-11(13)2/h10-13H,3-9,14H2,1-2H3. The molecule has 2 N–H and O–H groups in total. The summed E-state index contributed by atoms with van der Waals surface area (Å²) in [6.45, 7) is 7.19. The van der Waals surface area contributed by atoms with E-state index < -0.39 is 0 Å². The van der Waals surface area contributed by atoms with E-state index in [4.69, 9.17) is 5.73 Å². The van der Waals surface area contributed by atoms with E-state index in [-0.39, 0.29) is 0 Å². The summed E-state index contributed by atoms with van der Waals surface area (Å²) in [6.07, 6.45) is 6.91. The van der Waals surface area contributed by atoms with Crippen LogP contribution in [-0.2, 0) is 0 Å². The average Bonchev–Trinajstić information content (AvgIpc) is 2.16. The number of hydrogen-bond acceptors (Lipinski definition) is 2. The first-order chi connectivity index (χ1) is 7.16. The molecular formula is C13H26N2. The van der Waals surface area contributed by atoms with Gasteiger partial charge in [-0.3, -0.25) is 4.90 Å². The van der Waals surface area contributed by atoms with Crippen LogP contribution in [0.3, 0.4) is 0 Å². The molecule has 2 fully saturated rings. The molecule has 88 valence electrons. The molecule has 1 heterocycles. The van der Waals surface area contributed by atoms with Crippen molar-refractivity contribution in [2.24, 2.45) is 17.6 Å². The Morgan fingerprint density at radius 2 is 1.80 bits per heavy atom. The molecule has 0 amide bonds. The van der Waals surface area contributed by atoms with E-state index in [9.17, 15) is 0 Å². The van der Waals surface area contributed by atoms with E-state index in [1.54, 1.807) is 0 Å². The van der Waals surface area contributed by atoms with Gasteiger partial charge in [-0.2, -0.15) is 0 Å². The van der Waals surface area contributed by atoms with Crippen molar-refractivity contribution in [1.29, 1.82) is 0 Å². The summed E-state index contributed by atoms with van der Waals surface area (Å²) in [7, 11) is 0. The largest absolute Gasteiger partial charge is 0.327 e. The lowest BCUT2D eigenvalue weighted by Crippen LogP contribution is -2.52. The highest BCUT2D eigenvalue weighted by Gasteiger charge is 2.31. The van der Waals surface area contributed by atoms with Crippen LogP contribution in [0.2, 0.25) is 0 Å². The van der Waals surface area contributed by atoms with E-state index in [1.165, 1.54) is 38.6 Å². The summed E-state index contributed by atoms with van der Waals surface area (Å²) in [5.74, 6) is 1.68. The quantitative estimate of drug-likeness (QED) is 0.719. The van der Waals surface area contributed by atoms with Crippen LogP contribution in [0.5, 0.6) is 0 Å². The molecule has 2 heteroatoms. The highest BCUT2D eigenvalue weighted by molar-refractivity contribution is 4.87. The minimum atomic E-state index is 0.419. The molecule has 15 heavy (non-hydrogen) atoms. The van der Waals surface area contributed by atoms with Gasteiger partial charge in [0.25, 0.3) is 0 Å². The second kappa shape index (κ2) is 4.84. The number of nitrogens with two attached hydrogens (primary N) is 1. The highest BCUT2D eigenvalue weighted by Crippen LogP contribution is 2.30. The minimum Gasteiger partial charge on any atom is -0.327 e. The lowest BCUT2D eigenvalue weighted by molar-refractivity contribution is 0.0628. The van der Waals surface area contributed by atoms with E-state index in [2.05, 4.69) is 18.7 Å². The van der Waals surface area contributed by atoms with Gasteiger partial charge in [0, 0.05) is 25.2 Å². The third-order valence-electron chi connectivity index (χ3n) is 4.26. The van der Waals surface area contributed by atoms with Crippen molar-refractivity contribution < 1.29 is 0 Å². The Morgan fingerprint density at radius 3 is 2.47 bits per heavy atom. The molecule has 2 nitrogen and oxygen atoms in total. The number of hydrogen-bond donors (Lipinski definition) is 1. The predicted octanol–water partition coefficient (Wildman–Crippen LogP) is 2.23. The van der Waals surface area contributed by atoms with Crippen molar-refractivity contribution in [3.05, 3.63) is 0 Å². The summed E-state index contributed by atoms with van der Waals surface area (Å²) < 4.78 is 0. The third-order valence-corrected chi connectivity index (χ3v) is 4.26.